The van der Waals surface area contributed by atoms with Crippen molar-refractivity contribution in [2.45, 2.75) is 25.2 Å². The molecule has 0 aliphatic carbocycles. The van der Waals surface area contributed by atoms with Crippen molar-refractivity contribution in [3.63, 3.8) is 0 Å². The molecule has 0 bridgehead atoms. The quantitative estimate of drug-likeness (QED) is 0.359. The first-order valence-corrected chi connectivity index (χ1v) is 11.0. The summed E-state index contributed by atoms with van der Waals surface area (Å²) in [5.41, 5.74) is 9.02. The van der Waals surface area contributed by atoms with Crippen LogP contribution in [0.15, 0.2) is 71.5 Å². The van der Waals surface area contributed by atoms with Gasteiger partial charge >= 0.3 is 0 Å². The molecule has 1 aromatic heterocycles. The normalized spacial score (nSPS) is 16.0. The fourth-order valence-electron chi connectivity index (χ4n) is 3.58. The predicted molar refractivity (Wildman–Crippen MR) is 127 cm³/mol. The van der Waals surface area contributed by atoms with Crippen molar-refractivity contribution in [3.8, 4) is 22.6 Å². The third-order valence-corrected chi connectivity index (χ3v) is 5.54. The molecular formula is C25H27N5O4. The zero-order valence-corrected chi connectivity index (χ0v) is 18.8. The number of aromatic nitrogens is 1. The number of rotatable bonds is 9. The maximum atomic E-state index is 12.5. The van der Waals surface area contributed by atoms with Crippen LogP contribution in [0.2, 0.25) is 0 Å². The molecule has 2 aromatic carbocycles. The van der Waals surface area contributed by atoms with E-state index in [0.29, 0.717) is 28.6 Å². The van der Waals surface area contributed by atoms with Crippen LogP contribution in [0.5, 0.6) is 0 Å². The molecule has 0 fully saturated rings. The average Bonchev–Trinajstić information content (AvgIpc) is 3.37. The third-order valence-electron chi connectivity index (χ3n) is 5.54. The lowest BCUT2D eigenvalue weighted by molar-refractivity contribution is -0.120. The van der Waals surface area contributed by atoms with E-state index < -0.39 is 18.0 Å². The van der Waals surface area contributed by atoms with Crippen LogP contribution in [0, 0.1) is 0 Å². The van der Waals surface area contributed by atoms with Crippen LogP contribution >= 0.6 is 0 Å². The van der Waals surface area contributed by atoms with Crippen molar-refractivity contribution in [3.05, 3.63) is 78.1 Å². The Morgan fingerprint density at radius 3 is 2.68 bits per heavy atom. The Labute approximate surface area is 197 Å². The number of hydrogen-bond donors (Lipinski definition) is 4. The minimum absolute atomic E-state index is 0.322. The first-order valence-electron chi connectivity index (χ1n) is 11.0. The summed E-state index contributed by atoms with van der Waals surface area (Å²) in [5.74, 6) is -0.472. The number of ether oxygens (including phenoxy) is 1. The number of hydrogen-bond acceptors (Lipinski definition) is 7. The predicted octanol–water partition coefficient (Wildman–Crippen LogP) is 2.16. The van der Waals surface area contributed by atoms with Gasteiger partial charge in [-0.25, -0.2) is 0 Å². The van der Waals surface area contributed by atoms with Crippen molar-refractivity contribution >= 4 is 11.8 Å². The van der Waals surface area contributed by atoms with E-state index in [4.69, 9.17) is 15.0 Å². The van der Waals surface area contributed by atoms with E-state index in [1.165, 1.54) is 7.05 Å². The largest absolute Gasteiger partial charge is 0.501 e. The van der Waals surface area contributed by atoms with Gasteiger partial charge in [0.25, 0.3) is 11.8 Å². The van der Waals surface area contributed by atoms with Gasteiger partial charge in [-0.15, -0.1) is 0 Å². The zero-order valence-electron chi connectivity index (χ0n) is 18.8. The van der Waals surface area contributed by atoms with Crippen LogP contribution in [0.3, 0.4) is 0 Å². The second-order valence-electron chi connectivity index (χ2n) is 7.93. The molecular weight excluding hydrogens is 434 g/mol. The molecule has 9 nitrogen and oxygen atoms in total. The highest BCUT2D eigenvalue weighted by atomic mass is 16.5. The number of nitrogens with two attached hydrogens (primary N) is 1. The molecule has 2 heterocycles. The number of likely N-dealkylation sites (N-methyl/N-ethyl adjacent to an activating group) is 1. The second-order valence-corrected chi connectivity index (χ2v) is 7.93. The molecule has 4 rings (SSSR count). The summed E-state index contributed by atoms with van der Waals surface area (Å²) in [7, 11) is 1.54. The van der Waals surface area contributed by atoms with Gasteiger partial charge in [0.1, 0.15) is 5.69 Å². The van der Waals surface area contributed by atoms with Crippen molar-refractivity contribution in [1.82, 2.24) is 21.1 Å². The Bertz CT molecular complexity index is 1170. The molecule has 1 aliphatic rings. The van der Waals surface area contributed by atoms with Crippen molar-refractivity contribution in [2.75, 3.05) is 13.7 Å². The van der Waals surface area contributed by atoms with E-state index in [0.717, 1.165) is 30.7 Å². The second kappa shape index (κ2) is 10.8. The molecule has 2 amide bonds. The summed E-state index contributed by atoms with van der Waals surface area (Å²) in [6.07, 6.45) is 3.78. The van der Waals surface area contributed by atoms with Gasteiger partial charge in [0.2, 0.25) is 0 Å². The van der Waals surface area contributed by atoms with E-state index in [-0.39, 0.29) is 0 Å². The van der Waals surface area contributed by atoms with Crippen LogP contribution in [-0.2, 0) is 16.1 Å². The van der Waals surface area contributed by atoms with Crippen molar-refractivity contribution in [2.24, 2.45) is 5.73 Å². The number of carbonyl (C=O) groups is 2. The highest BCUT2D eigenvalue weighted by molar-refractivity contribution is 5.98. The maximum absolute atomic E-state index is 12.5. The molecule has 2 atom stereocenters. The molecule has 0 saturated carbocycles. The summed E-state index contributed by atoms with van der Waals surface area (Å²) in [5, 5.41) is 12.9. The van der Waals surface area contributed by atoms with Crippen molar-refractivity contribution < 1.29 is 18.8 Å². The molecule has 34 heavy (non-hydrogen) atoms. The Hall–Kier alpha value is -3.95. The van der Waals surface area contributed by atoms with Gasteiger partial charge in [-0.05, 0) is 30.8 Å². The number of carbonyl (C=O) groups excluding carboxylic acids is 2. The lowest BCUT2D eigenvalue weighted by Crippen LogP contribution is -2.52. The topological polar surface area (TPSA) is 132 Å². The van der Waals surface area contributed by atoms with E-state index >= 15 is 0 Å². The van der Waals surface area contributed by atoms with Gasteiger partial charge in [-0.2, -0.15) is 0 Å². The van der Waals surface area contributed by atoms with Crippen LogP contribution in [0.1, 0.15) is 22.3 Å². The highest BCUT2D eigenvalue weighted by Gasteiger charge is 2.18. The minimum atomic E-state index is -0.957. The molecule has 0 radical (unpaired) electrons. The smallest absolute Gasteiger partial charge is 0.255 e. The molecule has 176 valence electrons. The maximum Gasteiger partial charge on any atom is 0.255 e. The number of primary amides is 1. The van der Waals surface area contributed by atoms with E-state index in [1.54, 1.807) is 24.5 Å². The number of nitrogens with one attached hydrogen (secondary N) is 3. The van der Waals surface area contributed by atoms with Gasteiger partial charge in [-0.1, -0.05) is 41.6 Å². The molecule has 0 spiro atoms. The fourth-order valence-corrected chi connectivity index (χ4v) is 3.58. The standard InChI is InChI=1S/C25H27N5O4/c1-27-24(23(26)31)29-25(32)19-4-2-3-18(13-19)21-14-22(34-30-21)17-7-5-16(6-8-17)15-28-20-9-11-33-12-10-20/h2-9,11,13-14,20,24,27-28H,10,12,15H2,1H3,(H2,26,31)(H,29,32). The molecule has 2 unspecified atom stereocenters. The first-order chi connectivity index (χ1) is 16.5. The Morgan fingerprint density at radius 1 is 1.15 bits per heavy atom. The molecule has 3 aromatic rings. The zero-order chi connectivity index (χ0) is 23.9. The van der Waals surface area contributed by atoms with Gasteiger partial charge in [0, 0.05) is 41.8 Å². The minimum Gasteiger partial charge on any atom is -0.501 e. The number of amides is 2. The summed E-state index contributed by atoms with van der Waals surface area (Å²) in [6.45, 7) is 1.49. The van der Waals surface area contributed by atoms with E-state index in [9.17, 15) is 9.59 Å². The third kappa shape index (κ3) is 5.69. The SMILES string of the molecule is CNC(NC(=O)c1cccc(-c2cc(-c3ccc(CNC4C=COCC4)cc3)on2)c1)C(N)=O. The monoisotopic (exact) mass is 461 g/mol. The van der Waals surface area contributed by atoms with Gasteiger partial charge in [0.05, 0.1) is 12.9 Å². The number of nitrogens with zero attached hydrogens (tertiary/aromatic N) is 1. The highest BCUT2D eigenvalue weighted by Crippen LogP contribution is 2.27. The van der Waals surface area contributed by atoms with Crippen LogP contribution in [0.25, 0.3) is 22.6 Å². The molecule has 5 N–H and O–H groups in total. The fraction of sp³-hybridized carbons (Fsp3) is 0.240. The van der Waals surface area contributed by atoms with Gasteiger partial charge < -0.3 is 25.6 Å². The first kappa shape index (κ1) is 23.2. The average molecular weight is 462 g/mol. The Kier molecular flexibility index (Phi) is 7.36. The van der Waals surface area contributed by atoms with Crippen molar-refractivity contribution in [1.29, 1.82) is 0 Å². The van der Waals surface area contributed by atoms with Gasteiger partial charge in [-0.3, -0.25) is 14.9 Å². The summed E-state index contributed by atoms with van der Waals surface area (Å²) in [6, 6.07) is 17.2. The summed E-state index contributed by atoms with van der Waals surface area (Å²) >= 11 is 0. The summed E-state index contributed by atoms with van der Waals surface area (Å²) in [4.78, 5) is 23.9. The molecule has 0 saturated heterocycles. The number of benzene rings is 2. The van der Waals surface area contributed by atoms with Gasteiger partial charge in [0.15, 0.2) is 11.9 Å². The summed E-state index contributed by atoms with van der Waals surface area (Å²) < 4.78 is 10.8. The van der Waals surface area contributed by atoms with Crippen LogP contribution in [0.4, 0.5) is 0 Å². The Morgan fingerprint density at radius 2 is 1.97 bits per heavy atom. The van der Waals surface area contributed by atoms with E-state index in [1.807, 2.05) is 30.3 Å². The lowest BCUT2D eigenvalue weighted by Gasteiger charge is -2.18. The van der Waals surface area contributed by atoms with Crippen LogP contribution < -0.4 is 21.7 Å². The van der Waals surface area contributed by atoms with E-state index in [2.05, 4.69) is 33.2 Å². The lowest BCUT2D eigenvalue weighted by atomic mass is 10.1. The Balaban J connectivity index is 1.42. The molecule has 1 aliphatic heterocycles. The van der Waals surface area contributed by atoms with Crippen LogP contribution in [-0.4, -0.2) is 42.8 Å². The molecule has 9 heteroatoms.